The molecule has 0 fully saturated rings. The van der Waals surface area contributed by atoms with Gasteiger partial charge in [-0.2, -0.15) is 0 Å². The van der Waals surface area contributed by atoms with Gasteiger partial charge in [0.25, 0.3) is 0 Å². The van der Waals surface area contributed by atoms with E-state index >= 15 is 0 Å². The summed E-state index contributed by atoms with van der Waals surface area (Å²) in [7, 11) is 0. The molecule has 1 nitrogen and oxygen atoms in total. The molecule has 0 unspecified atom stereocenters. The van der Waals surface area contributed by atoms with Gasteiger partial charge in [0.15, 0.2) is 23.3 Å². The highest BCUT2D eigenvalue weighted by Gasteiger charge is 2.24. The quantitative estimate of drug-likeness (QED) is 0.361. The van der Waals surface area contributed by atoms with Crippen LogP contribution in [0.2, 0.25) is 0 Å². The molecule has 0 saturated heterocycles. The van der Waals surface area contributed by atoms with E-state index in [1.165, 1.54) is 0 Å². The summed E-state index contributed by atoms with van der Waals surface area (Å²) in [6.07, 6.45) is 0. The molecular weight excluding hydrogens is 225 g/mol. The molecule has 0 bridgehead atoms. The molecule has 0 aliphatic carbocycles. The minimum atomic E-state index is -2.20. The van der Waals surface area contributed by atoms with Crippen LogP contribution in [-0.2, 0) is 0 Å². The molecule has 0 aliphatic rings. The third-order valence-corrected chi connectivity index (χ3v) is 1.53. The Hall–Kier alpha value is -1.24. The van der Waals surface area contributed by atoms with Gasteiger partial charge in [-0.05, 0) is 0 Å². The van der Waals surface area contributed by atoms with Crippen molar-refractivity contribution in [2.75, 3.05) is 5.32 Å². The predicted octanol–water partition coefficient (Wildman–Crippen LogP) is 2.75. The topological polar surface area (TPSA) is 12.0 Å². The standard InChI is InChI=1S/C7H2F5NS/c8-2-3(9)5(11)7(13-1-14)6(12)4(2)10/h1H,(H,13,14). The maximum absolute atomic E-state index is 12.7. The summed E-state index contributed by atoms with van der Waals surface area (Å²) in [6.45, 7) is 0. The molecule has 1 N–H and O–H groups in total. The number of hydrogen-bond donors (Lipinski definition) is 1. The van der Waals surface area contributed by atoms with Crippen molar-refractivity contribution in [1.82, 2.24) is 0 Å². The van der Waals surface area contributed by atoms with Crippen LogP contribution in [0.15, 0.2) is 0 Å². The van der Waals surface area contributed by atoms with E-state index in [0.717, 1.165) is 0 Å². The molecule has 0 radical (unpaired) electrons. The van der Waals surface area contributed by atoms with E-state index in [-0.39, 0.29) is 0 Å². The first kappa shape index (κ1) is 10.8. The lowest BCUT2D eigenvalue weighted by Gasteiger charge is -2.06. The molecule has 0 heterocycles. The van der Waals surface area contributed by atoms with Gasteiger partial charge in [0.2, 0.25) is 5.82 Å². The zero-order valence-corrected chi connectivity index (χ0v) is 7.19. The summed E-state index contributed by atoms with van der Waals surface area (Å²) in [5, 5.41) is 1.75. The van der Waals surface area contributed by atoms with Gasteiger partial charge in [-0.15, -0.1) is 0 Å². The summed E-state index contributed by atoms with van der Waals surface area (Å²) in [5.74, 6) is -10.1. The van der Waals surface area contributed by atoms with Gasteiger partial charge in [-0.3, -0.25) is 0 Å². The molecule has 0 atom stereocenters. The smallest absolute Gasteiger partial charge is 0.200 e. The maximum atomic E-state index is 12.7. The Bertz CT molecular complexity index is 363. The van der Waals surface area contributed by atoms with Crippen molar-refractivity contribution in [2.24, 2.45) is 0 Å². The van der Waals surface area contributed by atoms with Crippen LogP contribution in [0.25, 0.3) is 0 Å². The van der Waals surface area contributed by atoms with Crippen molar-refractivity contribution in [3.05, 3.63) is 29.1 Å². The number of anilines is 1. The summed E-state index contributed by atoms with van der Waals surface area (Å²) in [4.78, 5) is 0. The van der Waals surface area contributed by atoms with E-state index in [0.29, 0.717) is 5.49 Å². The highest BCUT2D eigenvalue weighted by atomic mass is 32.1. The van der Waals surface area contributed by atoms with Crippen molar-refractivity contribution < 1.29 is 22.0 Å². The van der Waals surface area contributed by atoms with Crippen LogP contribution in [0, 0.1) is 29.1 Å². The molecule has 1 aromatic carbocycles. The lowest BCUT2D eigenvalue weighted by atomic mass is 10.2. The van der Waals surface area contributed by atoms with Gasteiger partial charge in [0.1, 0.15) is 5.69 Å². The Morgan fingerprint density at radius 3 is 1.50 bits per heavy atom. The van der Waals surface area contributed by atoms with Gasteiger partial charge >= 0.3 is 0 Å². The molecule has 0 amide bonds. The molecule has 7 heteroatoms. The lowest BCUT2D eigenvalue weighted by Crippen LogP contribution is -2.07. The fraction of sp³-hybridized carbons (Fsp3) is 0. The third-order valence-electron chi connectivity index (χ3n) is 1.41. The molecule has 0 aromatic heterocycles. The zero-order chi connectivity index (χ0) is 10.9. The fourth-order valence-corrected chi connectivity index (χ4v) is 0.908. The third kappa shape index (κ3) is 1.54. The first-order valence-corrected chi connectivity index (χ1v) is 3.69. The summed E-state index contributed by atoms with van der Waals surface area (Å²) >= 11 is 4.16. The molecule has 0 spiro atoms. The summed E-state index contributed by atoms with van der Waals surface area (Å²) in [5.41, 5.74) is -0.519. The first-order valence-electron chi connectivity index (χ1n) is 3.22. The van der Waals surface area contributed by atoms with Crippen LogP contribution in [0.3, 0.4) is 0 Å². The van der Waals surface area contributed by atoms with Crippen molar-refractivity contribution in [3.63, 3.8) is 0 Å². The normalized spacial score (nSPS) is 10.1. The minimum Gasteiger partial charge on any atom is -0.348 e. The number of benzene rings is 1. The van der Waals surface area contributed by atoms with Gasteiger partial charge in [0.05, 0.1) is 5.49 Å². The van der Waals surface area contributed by atoms with Gasteiger partial charge < -0.3 is 5.32 Å². The van der Waals surface area contributed by atoms with Crippen LogP contribution in [-0.4, -0.2) is 5.49 Å². The fourth-order valence-electron chi connectivity index (χ4n) is 0.791. The van der Waals surface area contributed by atoms with E-state index < -0.39 is 34.8 Å². The van der Waals surface area contributed by atoms with Crippen LogP contribution in [0.1, 0.15) is 0 Å². The largest absolute Gasteiger partial charge is 0.348 e. The van der Waals surface area contributed by atoms with Crippen molar-refractivity contribution in [1.29, 1.82) is 0 Å². The van der Waals surface area contributed by atoms with Crippen LogP contribution in [0.5, 0.6) is 0 Å². The first-order chi connectivity index (χ1) is 6.50. The number of thiocarbonyl (C=S) groups is 1. The number of rotatable bonds is 2. The van der Waals surface area contributed by atoms with Crippen LogP contribution in [0.4, 0.5) is 27.6 Å². The Balaban J connectivity index is 3.50. The van der Waals surface area contributed by atoms with E-state index in [1.54, 1.807) is 5.32 Å². The Labute approximate surface area is 80.5 Å². The molecule has 14 heavy (non-hydrogen) atoms. The van der Waals surface area contributed by atoms with Gasteiger partial charge in [-0.25, -0.2) is 22.0 Å². The van der Waals surface area contributed by atoms with E-state index in [2.05, 4.69) is 12.2 Å². The summed E-state index contributed by atoms with van der Waals surface area (Å²) < 4.78 is 62.9. The highest BCUT2D eigenvalue weighted by Crippen LogP contribution is 2.26. The van der Waals surface area contributed by atoms with Crippen molar-refractivity contribution in [2.45, 2.75) is 0 Å². The second kappa shape index (κ2) is 3.87. The molecule has 0 saturated carbocycles. The van der Waals surface area contributed by atoms with Crippen LogP contribution >= 0.6 is 12.2 Å². The molecule has 76 valence electrons. The molecular formula is C7H2F5NS. The number of nitrogens with one attached hydrogen (secondary N) is 1. The highest BCUT2D eigenvalue weighted by molar-refractivity contribution is 7.79. The molecule has 1 rings (SSSR count). The Kier molecular flexibility index (Phi) is 3.00. The maximum Gasteiger partial charge on any atom is 0.200 e. The molecule has 0 aliphatic heterocycles. The van der Waals surface area contributed by atoms with Crippen molar-refractivity contribution >= 4 is 23.4 Å². The average Bonchev–Trinajstić information content (AvgIpc) is 2.19. The van der Waals surface area contributed by atoms with E-state index in [1.807, 2.05) is 0 Å². The zero-order valence-electron chi connectivity index (χ0n) is 6.38. The predicted molar refractivity (Wildman–Crippen MR) is 43.5 cm³/mol. The minimum absolute atomic E-state index is 0.637. The molecule has 1 aromatic rings. The number of hydrogen-bond acceptors (Lipinski definition) is 1. The van der Waals surface area contributed by atoms with Gasteiger partial charge in [0, 0.05) is 0 Å². The van der Waals surface area contributed by atoms with Gasteiger partial charge in [-0.1, -0.05) is 12.2 Å². The monoisotopic (exact) mass is 227 g/mol. The second-order valence-electron chi connectivity index (χ2n) is 2.21. The SMILES string of the molecule is Fc1c(F)c(F)c(NC=S)c(F)c1F. The van der Waals surface area contributed by atoms with Crippen LogP contribution < -0.4 is 5.32 Å². The summed E-state index contributed by atoms with van der Waals surface area (Å²) in [6, 6.07) is 0. The van der Waals surface area contributed by atoms with Crippen molar-refractivity contribution in [3.8, 4) is 0 Å². The Morgan fingerprint density at radius 1 is 0.786 bits per heavy atom. The number of halogens is 5. The van der Waals surface area contributed by atoms with E-state index in [9.17, 15) is 22.0 Å². The Morgan fingerprint density at radius 2 is 1.14 bits per heavy atom. The average molecular weight is 227 g/mol. The van der Waals surface area contributed by atoms with E-state index in [4.69, 9.17) is 0 Å². The second-order valence-corrected chi connectivity index (χ2v) is 2.44. The lowest BCUT2D eigenvalue weighted by molar-refractivity contribution is 0.382.